The van der Waals surface area contributed by atoms with Crippen LogP contribution in [-0.4, -0.2) is 49.1 Å². The predicted molar refractivity (Wildman–Crippen MR) is 38.0 cm³/mol. The highest BCUT2D eigenvalue weighted by Gasteiger charge is 2.06. The van der Waals surface area contributed by atoms with Crippen LogP contribution in [0.15, 0.2) is 0 Å². The van der Waals surface area contributed by atoms with Gasteiger partial charge < -0.3 is 14.9 Å². The van der Waals surface area contributed by atoms with Gasteiger partial charge in [0.25, 0.3) is 0 Å². The van der Waals surface area contributed by atoms with Crippen LogP contribution in [-0.2, 0) is 9.53 Å². The summed E-state index contributed by atoms with van der Waals surface area (Å²) < 4.78 is 4.32. The first-order chi connectivity index (χ1) is 5.24. The molecule has 0 saturated carbocycles. The smallest absolute Gasteiger partial charge is 0.319 e. The van der Waals surface area contributed by atoms with Crippen molar-refractivity contribution in [2.24, 2.45) is 0 Å². The summed E-state index contributed by atoms with van der Waals surface area (Å²) in [6.07, 6.45) is 0. The third-order valence-electron chi connectivity index (χ3n) is 1.20. The van der Waals surface area contributed by atoms with Crippen molar-refractivity contribution in [1.29, 1.82) is 0 Å². The molecule has 0 fully saturated rings. The minimum Gasteiger partial charge on any atom is -0.468 e. The van der Waals surface area contributed by atoms with Crippen molar-refractivity contribution in [3.8, 4) is 0 Å². The number of aliphatic hydroxyl groups is 2. The Bertz CT molecular complexity index is 113. The van der Waals surface area contributed by atoms with Crippen molar-refractivity contribution in [2.75, 3.05) is 26.9 Å². The molecule has 3 N–H and O–H groups in total. The SMILES string of the molecule is COC(=O)CNC(CO)CO. The Balaban J connectivity index is 3.42. The van der Waals surface area contributed by atoms with Gasteiger partial charge in [-0.15, -0.1) is 0 Å². The first kappa shape index (κ1) is 10.3. The maximum absolute atomic E-state index is 10.5. The highest BCUT2D eigenvalue weighted by Crippen LogP contribution is 1.79. The highest BCUT2D eigenvalue weighted by atomic mass is 16.5. The number of hydrogen-bond donors (Lipinski definition) is 3. The minimum absolute atomic E-state index is 0.00227. The van der Waals surface area contributed by atoms with Gasteiger partial charge in [0.1, 0.15) is 0 Å². The monoisotopic (exact) mass is 163 g/mol. The normalized spacial score (nSPS) is 10.2. The number of nitrogens with one attached hydrogen (secondary N) is 1. The molecule has 0 aromatic carbocycles. The van der Waals surface area contributed by atoms with Gasteiger partial charge in [0, 0.05) is 0 Å². The predicted octanol–water partition coefficient (Wildman–Crippen LogP) is -1.90. The van der Waals surface area contributed by atoms with Crippen molar-refractivity contribution in [1.82, 2.24) is 5.32 Å². The molecule has 5 nitrogen and oxygen atoms in total. The van der Waals surface area contributed by atoms with Crippen LogP contribution in [0, 0.1) is 0 Å². The van der Waals surface area contributed by atoms with E-state index in [0.717, 1.165) is 0 Å². The van der Waals surface area contributed by atoms with Gasteiger partial charge in [-0.3, -0.25) is 10.1 Å². The van der Waals surface area contributed by atoms with Crippen LogP contribution in [0.25, 0.3) is 0 Å². The molecule has 0 aliphatic rings. The summed E-state index contributed by atoms with van der Waals surface area (Å²) in [6.45, 7) is -0.400. The van der Waals surface area contributed by atoms with E-state index in [2.05, 4.69) is 10.1 Å². The zero-order chi connectivity index (χ0) is 8.69. The third kappa shape index (κ3) is 4.72. The van der Waals surface area contributed by atoms with E-state index in [-0.39, 0.29) is 19.8 Å². The number of rotatable bonds is 5. The molecule has 66 valence electrons. The summed E-state index contributed by atoms with van der Waals surface area (Å²) in [5, 5.41) is 19.7. The summed E-state index contributed by atoms with van der Waals surface area (Å²) in [5.41, 5.74) is 0. The fourth-order valence-corrected chi connectivity index (χ4v) is 0.487. The molecule has 0 amide bonds. The van der Waals surface area contributed by atoms with E-state index >= 15 is 0 Å². The molecule has 0 aliphatic heterocycles. The van der Waals surface area contributed by atoms with E-state index in [1.807, 2.05) is 0 Å². The van der Waals surface area contributed by atoms with Crippen molar-refractivity contribution in [3.05, 3.63) is 0 Å². The van der Waals surface area contributed by atoms with E-state index in [4.69, 9.17) is 10.2 Å². The number of methoxy groups -OCH3 is 1. The van der Waals surface area contributed by atoms with Crippen LogP contribution in [0.4, 0.5) is 0 Å². The molecular weight excluding hydrogens is 150 g/mol. The number of hydrogen-bond acceptors (Lipinski definition) is 5. The Morgan fingerprint density at radius 1 is 1.55 bits per heavy atom. The second-order valence-corrected chi connectivity index (χ2v) is 2.02. The summed E-state index contributed by atoms with van der Waals surface area (Å²) >= 11 is 0. The molecule has 0 atom stereocenters. The Morgan fingerprint density at radius 2 is 2.09 bits per heavy atom. The number of aliphatic hydroxyl groups excluding tert-OH is 2. The van der Waals surface area contributed by atoms with Crippen LogP contribution in [0.2, 0.25) is 0 Å². The molecule has 11 heavy (non-hydrogen) atoms. The second-order valence-electron chi connectivity index (χ2n) is 2.02. The molecule has 0 unspecified atom stereocenters. The van der Waals surface area contributed by atoms with Gasteiger partial charge in [-0.05, 0) is 0 Å². The maximum atomic E-state index is 10.5. The molecule has 0 rings (SSSR count). The molecule has 0 heterocycles. The highest BCUT2D eigenvalue weighted by molar-refractivity contribution is 5.71. The zero-order valence-electron chi connectivity index (χ0n) is 6.41. The topological polar surface area (TPSA) is 78.8 Å². The number of carbonyl (C=O) groups excluding carboxylic acids is 1. The fraction of sp³-hybridized carbons (Fsp3) is 0.833. The Labute approximate surface area is 65.0 Å². The lowest BCUT2D eigenvalue weighted by Crippen LogP contribution is -2.39. The van der Waals surface area contributed by atoms with Crippen LogP contribution in [0.5, 0.6) is 0 Å². The van der Waals surface area contributed by atoms with Gasteiger partial charge in [0.15, 0.2) is 0 Å². The summed E-state index contributed by atoms with van der Waals surface area (Å²) in [7, 11) is 1.27. The largest absolute Gasteiger partial charge is 0.468 e. The van der Waals surface area contributed by atoms with E-state index < -0.39 is 12.0 Å². The van der Waals surface area contributed by atoms with Crippen LogP contribution in [0.3, 0.4) is 0 Å². The molecule has 5 heteroatoms. The maximum Gasteiger partial charge on any atom is 0.319 e. The van der Waals surface area contributed by atoms with E-state index in [1.165, 1.54) is 7.11 Å². The van der Waals surface area contributed by atoms with Crippen LogP contribution < -0.4 is 5.32 Å². The lowest BCUT2D eigenvalue weighted by Gasteiger charge is -2.11. The van der Waals surface area contributed by atoms with Gasteiger partial charge in [0.2, 0.25) is 0 Å². The van der Waals surface area contributed by atoms with Crippen LogP contribution in [0.1, 0.15) is 0 Å². The van der Waals surface area contributed by atoms with Gasteiger partial charge in [-0.25, -0.2) is 0 Å². The summed E-state index contributed by atoms with van der Waals surface area (Å²) in [5.74, 6) is -0.420. The van der Waals surface area contributed by atoms with Gasteiger partial charge in [-0.2, -0.15) is 0 Å². The standard InChI is InChI=1S/C6H13NO4/c1-11-6(10)2-7-5(3-8)4-9/h5,7-9H,2-4H2,1H3. The first-order valence-electron chi connectivity index (χ1n) is 3.26. The van der Waals surface area contributed by atoms with Crippen molar-refractivity contribution in [3.63, 3.8) is 0 Å². The van der Waals surface area contributed by atoms with Gasteiger partial charge in [-0.1, -0.05) is 0 Å². The molecule has 0 aliphatic carbocycles. The van der Waals surface area contributed by atoms with Crippen LogP contribution >= 0.6 is 0 Å². The Hall–Kier alpha value is -0.650. The van der Waals surface area contributed by atoms with Gasteiger partial charge >= 0.3 is 5.97 Å². The number of esters is 1. The third-order valence-corrected chi connectivity index (χ3v) is 1.20. The Kier molecular flexibility index (Phi) is 5.73. The van der Waals surface area contributed by atoms with E-state index in [1.54, 1.807) is 0 Å². The number of carbonyl (C=O) groups is 1. The average Bonchev–Trinajstić information content (AvgIpc) is 2.06. The molecule has 0 aromatic rings. The molecule has 0 radical (unpaired) electrons. The zero-order valence-corrected chi connectivity index (χ0v) is 6.41. The lowest BCUT2D eigenvalue weighted by molar-refractivity contribution is -0.139. The van der Waals surface area contributed by atoms with Crippen molar-refractivity contribution in [2.45, 2.75) is 6.04 Å². The minimum atomic E-state index is -0.450. The van der Waals surface area contributed by atoms with Crippen molar-refractivity contribution < 1.29 is 19.7 Å². The molecule has 0 bridgehead atoms. The quantitative estimate of drug-likeness (QED) is 0.413. The molecule has 0 saturated heterocycles. The van der Waals surface area contributed by atoms with Gasteiger partial charge in [0.05, 0.1) is 32.9 Å². The van der Waals surface area contributed by atoms with E-state index in [0.29, 0.717) is 0 Å². The first-order valence-corrected chi connectivity index (χ1v) is 3.26. The molecule has 0 aromatic heterocycles. The summed E-state index contributed by atoms with van der Waals surface area (Å²) in [6, 6.07) is -0.450. The Morgan fingerprint density at radius 3 is 2.45 bits per heavy atom. The second kappa shape index (κ2) is 6.09. The summed E-state index contributed by atoms with van der Waals surface area (Å²) in [4.78, 5) is 10.5. The average molecular weight is 163 g/mol. The number of ether oxygens (including phenoxy) is 1. The lowest BCUT2D eigenvalue weighted by atomic mass is 10.3. The molecule has 0 spiro atoms. The van der Waals surface area contributed by atoms with E-state index in [9.17, 15) is 4.79 Å². The fourth-order valence-electron chi connectivity index (χ4n) is 0.487. The molecular formula is C6H13NO4. The van der Waals surface area contributed by atoms with Crippen molar-refractivity contribution >= 4 is 5.97 Å².